The van der Waals surface area contributed by atoms with Gasteiger partial charge in [0.1, 0.15) is 0 Å². The zero-order chi connectivity index (χ0) is 10.4. The molecule has 82 valence electrons. The summed E-state index contributed by atoms with van der Waals surface area (Å²) in [5.41, 5.74) is 0. The molecule has 0 heterocycles. The third-order valence-electron chi connectivity index (χ3n) is 3.13. The Kier molecular flexibility index (Phi) is 5.57. The maximum absolute atomic E-state index is 5.72. The van der Waals surface area contributed by atoms with Crippen molar-refractivity contribution in [2.75, 3.05) is 6.54 Å². The van der Waals surface area contributed by atoms with Crippen LogP contribution < -0.4 is 5.32 Å². The smallest absolute Gasteiger partial charge is 0.0310 e. The first-order chi connectivity index (χ1) is 6.72. The van der Waals surface area contributed by atoms with Gasteiger partial charge >= 0.3 is 0 Å². The molecule has 0 radical (unpaired) electrons. The van der Waals surface area contributed by atoms with Gasteiger partial charge in [0, 0.05) is 17.6 Å². The van der Waals surface area contributed by atoms with Crippen LogP contribution in [0, 0.1) is 5.92 Å². The van der Waals surface area contributed by atoms with Crippen LogP contribution >= 0.6 is 11.6 Å². The van der Waals surface area contributed by atoms with Crippen molar-refractivity contribution < 1.29 is 0 Å². The summed E-state index contributed by atoms with van der Waals surface area (Å²) in [4.78, 5) is 0. The molecule has 0 aromatic carbocycles. The summed E-state index contributed by atoms with van der Waals surface area (Å²) in [6.45, 7) is 6.73. The molecule has 1 aliphatic carbocycles. The molecule has 1 rings (SSSR count). The lowest BCUT2D eigenvalue weighted by Crippen LogP contribution is -2.33. The van der Waals surface area contributed by atoms with E-state index in [4.69, 9.17) is 11.6 Å². The van der Waals surface area contributed by atoms with E-state index in [1.165, 1.54) is 38.5 Å². The van der Waals surface area contributed by atoms with Crippen molar-refractivity contribution in [2.24, 2.45) is 5.92 Å². The normalized spacial score (nSPS) is 27.6. The van der Waals surface area contributed by atoms with Crippen LogP contribution in [0.5, 0.6) is 0 Å². The first-order valence-electron chi connectivity index (χ1n) is 5.79. The molecule has 1 saturated carbocycles. The minimum Gasteiger partial charge on any atom is -0.309 e. The molecule has 0 saturated heterocycles. The third kappa shape index (κ3) is 4.47. The van der Waals surface area contributed by atoms with Crippen molar-refractivity contribution >= 4 is 11.6 Å². The second-order valence-corrected chi connectivity index (χ2v) is 4.94. The highest BCUT2D eigenvalue weighted by Gasteiger charge is 2.19. The van der Waals surface area contributed by atoms with Gasteiger partial charge in [0.15, 0.2) is 0 Å². The fraction of sp³-hybridized carbons (Fsp3) is 0.833. The van der Waals surface area contributed by atoms with Crippen molar-refractivity contribution in [1.82, 2.24) is 5.32 Å². The van der Waals surface area contributed by atoms with Crippen molar-refractivity contribution in [3.63, 3.8) is 0 Å². The quantitative estimate of drug-likeness (QED) is 0.738. The van der Waals surface area contributed by atoms with Crippen LogP contribution in [0.25, 0.3) is 0 Å². The minimum atomic E-state index is 0.679. The molecule has 1 fully saturated rings. The van der Waals surface area contributed by atoms with Crippen LogP contribution in [0.4, 0.5) is 0 Å². The standard InChI is InChI=1S/C12H22ClN/c1-3-4-11-5-7-12(8-6-11)14-9-10(2)13/h11-12,14H,2-9H2,1H3. The second kappa shape index (κ2) is 6.47. The largest absolute Gasteiger partial charge is 0.309 e. The van der Waals surface area contributed by atoms with E-state index in [-0.39, 0.29) is 0 Å². The number of hydrogen-bond acceptors (Lipinski definition) is 1. The van der Waals surface area contributed by atoms with Gasteiger partial charge in [0.25, 0.3) is 0 Å². The molecular weight excluding hydrogens is 194 g/mol. The van der Waals surface area contributed by atoms with Gasteiger partial charge in [-0.3, -0.25) is 0 Å². The Morgan fingerprint density at radius 3 is 2.50 bits per heavy atom. The van der Waals surface area contributed by atoms with E-state index < -0.39 is 0 Å². The van der Waals surface area contributed by atoms with E-state index in [0.29, 0.717) is 6.04 Å². The average molecular weight is 216 g/mol. The number of rotatable bonds is 5. The van der Waals surface area contributed by atoms with Gasteiger partial charge in [-0.25, -0.2) is 0 Å². The maximum Gasteiger partial charge on any atom is 0.0310 e. The molecule has 0 unspecified atom stereocenters. The van der Waals surface area contributed by atoms with Crippen LogP contribution in [-0.4, -0.2) is 12.6 Å². The van der Waals surface area contributed by atoms with Crippen LogP contribution in [-0.2, 0) is 0 Å². The van der Waals surface area contributed by atoms with Crippen LogP contribution in [0.15, 0.2) is 11.6 Å². The summed E-state index contributed by atoms with van der Waals surface area (Å²) in [5, 5.41) is 4.18. The van der Waals surface area contributed by atoms with Crippen LogP contribution in [0.1, 0.15) is 45.4 Å². The maximum atomic E-state index is 5.72. The molecule has 0 amide bonds. The molecule has 14 heavy (non-hydrogen) atoms. The molecule has 0 atom stereocenters. The SMILES string of the molecule is C=C(Cl)CNC1CCC(CCC)CC1. The van der Waals surface area contributed by atoms with Crippen molar-refractivity contribution in [1.29, 1.82) is 0 Å². The number of nitrogens with one attached hydrogen (secondary N) is 1. The minimum absolute atomic E-state index is 0.679. The molecule has 0 bridgehead atoms. The highest BCUT2D eigenvalue weighted by molar-refractivity contribution is 6.29. The van der Waals surface area contributed by atoms with E-state index in [1.807, 2.05) is 0 Å². The van der Waals surface area contributed by atoms with E-state index >= 15 is 0 Å². The molecule has 1 N–H and O–H groups in total. The van der Waals surface area contributed by atoms with Gasteiger partial charge < -0.3 is 5.32 Å². The molecule has 1 aliphatic rings. The van der Waals surface area contributed by atoms with E-state index in [0.717, 1.165) is 17.5 Å². The van der Waals surface area contributed by atoms with Gasteiger partial charge in [0.2, 0.25) is 0 Å². The van der Waals surface area contributed by atoms with Gasteiger partial charge in [-0.15, -0.1) is 0 Å². The fourth-order valence-corrected chi connectivity index (χ4v) is 2.40. The lowest BCUT2D eigenvalue weighted by atomic mass is 9.83. The lowest BCUT2D eigenvalue weighted by Gasteiger charge is -2.28. The van der Waals surface area contributed by atoms with Gasteiger partial charge in [-0.2, -0.15) is 0 Å². The summed E-state index contributed by atoms with van der Waals surface area (Å²) in [6, 6.07) is 0.679. The Morgan fingerprint density at radius 2 is 2.00 bits per heavy atom. The lowest BCUT2D eigenvalue weighted by molar-refractivity contribution is 0.283. The highest BCUT2D eigenvalue weighted by Crippen LogP contribution is 2.27. The van der Waals surface area contributed by atoms with Gasteiger partial charge in [-0.05, 0) is 31.6 Å². The van der Waals surface area contributed by atoms with E-state index in [1.54, 1.807) is 0 Å². The molecule has 0 aliphatic heterocycles. The second-order valence-electron chi connectivity index (χ2n) is 4.40. The zero-order valence-electron chi connectivity index (χ0n) is 9.19. The number of halogens is 1. The Morgan fingerprint density at radius 1 is 1.36 bits per heavy atom. The highest BCUT2D eigenvalue weighted by atomic mass is 35.5. The molecule has 0 aromatic heterocycles. The monoisotopic (exact) mass is 215 g/mol. The Bertz CT molecular complexity index is 171. The van der Waals surface area contributed by atoms with Crippen molar-refractivity contribution in [2.45, 2.75) is 51.5 Å². The van der Waals surface area contributed by atoms with Crippen molar-refractivity contribution in [3.05, 3.63) is 11.6 Å². The van der Waals surface area contributed by atoms with Crippen LogP contribution in [0.2, 0.25) is 0 Å². The van der Waals surface area contributed by atoms with E-state index in [2.05, 4.69) is 18.8 Å². The topological polar surface area (TPSA) is 12.0 Å². The molecule has 1 nitrogen and oxygen atoms in total. The fourth-order valence-electron chi connectivity index (χ4n) is 2.32. The zero-order valence-corrected chi connectivity index (χ0v) is 9.95. The van der Waals surface area contributed by atoms with Crippen LogP contribution in [0.3, 0.4) is 0 Å². The first kappa shape index (κ1) is 12.1. The Hall–Kier alpha value is -0.0100. The Balaban J connectivity index is 2.12. The summed E-state index contributed by atoms with van der Waals surface area (Å²) < 4.78 is 0. The summed E-state index contributed by atoms with van der Waals surface area (Å²) in [5.74, 6) is 0.984. The molecular formula is C12H22ClN. The van der Waals surface area contributed by atoms with Gasteiger partial charge in [0.05, 0.1) is 0 Å². The summed E-state index contributed by atoms with van der Waals surface area (Å²) >= 11 is 5.72. The number of hydrogen-bond donors (Lipinski definition) is 1. The summed E-state index contributed by atoms with van der Waals surface area (Å²) in [6.07, 6.45) is 8.15. The molecule has 0 aromatic rings. The Labute approximate surface area is 92.9 Å². The third-order valence-corrected chi connectivity index (χ3v) is 3.26. The molecule has 2 heteroatoms. The predicted octanol–water partition coefficient (Wildman–Crippen LogP) is 3.69. The van der Waals surface area contributed by atoms with Gasteiger partial charge in [-0.1, -0.05) is 37.9 Å². The first-order valence-corrected chi connectivity index (χ1v) is 6.16. The average Bonchev–Trinajstić information content (AvgIpc) is 2.17. The molecule has 0 spiro atoms. The summed E-state index contributed by atoms with van der Waals surface area (Å²) in [7, 11) is 0. The van der Waals surface area contributed by atoms with E-state index in [9.17, 15) is 0 Å². The predicted molar refractivity (Wildman–Crippen MR) is 63.6 cm³/mol. The van der Waals surface area contributed by atoms with Crippen molar-refractivity contribution in [3.8, 4) is 0 Å².